The maximum absolute atomic E-state index is 13.8. The van der Waals surface area contributed by atoms with Crippen molar-refractivity contribution in [3.8, 4) is 0 Å². The first kappa shape index (κ1) is 12.0. The molecule has 0 amide bonds. The normalized spacial score (nSPS) is 11.6. The summed E-state index contributed by atoms with van der Waals surface area (Å²) in [5, 5.41) is 0.362. The van der Waals surface area contributed by atoms with E-state index in [-0.39, 0.29) is 12.1 Å². The summed E-state index contributed by atoms with van der Waals surface area (Å²) in [5.74, 6) is -0.328. The summed E-state index contributed by atoms with van der Waals surface area (Å²) in [5.41, 5.74) is 6.56. The van der Waals surface area contributed by atoms with Crippen molar-refractivity contribution in [2.24, 2.45) is 11.7 Å². The standard InChI is InChI=1S/C13H15F2NO/c1-7(2)3-9-12(6-16)17-11-5-8(14)4-10(15)13(9)11/h4-5,7H,3,6,16H2,1-2H3. The van der Waals surface area contributed by atoms with Crippen LogP contribution in [0.25, 0.3) is 11.0 Å². The molecule has 0 unspecified atom stereocenters. The van der Waals surface area contributed by atoms with E-state index in [0.29, 0.717) is 23.5 Å². The quantitative estimate of drug-likeness (QED) is 0.891. The van der Waals surface area contributed by atoms with Crippen molar-refractivity contribution < 1.29 is 13.2 Å². The zero-order valence-electron chi connectivity index (χ0n) is 9.89. The van der Waals surface area contributed by atoms with Crippen molar-refractivity contribution in [3.63, 3.8) is 0 Å². The first-order chi connectivity index (χ1) is 8.02. The molecule has 0 aliphatic carbocycles. The molecular formula is C13H15F2NO. The number of halogens is 2. The van der Waals surface area contributed by atoms with Gasteiger partial charge in [0.25, 0.3) is 0 Å². The van der Waals surface area contributed by atoms with E-state index < -0.39 is 11.6 Å². The zero-order chi connectivity index (χ0) is 12.6. The lowest BCUT2D eigenvalue weighted by Crippen LogP contribution is -2.02. The molecule has 2 rings (SSSR count). The van der Waals surface area contributed by atoms with E-state index in [1.165, 1.54) is 6.07 Å². The third kappa shape index (κ3) is 2.17. The Kier molecular flexibility index (Phi) is 3.15. The number of rotatable bonds is 3. The van der Waals surface area contributed by atoms with Crippen molar-refractivity contribution in [1.82, 2.24) is 0 Å². The van der Waals surface area contributed by atoms with Gasteiger partial charge in [-0.2, -0.15) is 0 Å². The second kappa shape index (κ2) is 4.45. The van der Waals surface area contributed by atoms with Gasteiger partial charge in [0.1, 0.15) is 23.0 Å². The molecule has 0 aliphatic heterocycles. The summed E-state index contributed by atoms with van der Waals surface area (Å²) in [4.78, 5) is 0. The molecule has 1 aromatic heterocycles. The SMILES string of the molecule is CC(C)Cc1c(CN)oc2cc(F)cc(F)c12. The van der Waals surface area contributed by atoms with Gasteiger partial charge in [0, 0.05) is 17.7 Å². The average molecular weight is 239 g/mol. The summed E-state index contributed by atoms with van der Waals surface area (Å²) < 4.78 is 32.2. The molecule has 2 N–H and O–H groups in total. The molecule has 92 valence electrons. The van der Waals surface area contributed by atoms with E-state index in [0.717, 1.165) is 11.6 Å². The van der Waals surface area contributed by atoms with Crippen molar-refractivity contribution >= 4 is 11.0 Å². The van der Waals surface area contributed by atoms with Gasteiger partial charge in [0.05, 0.1) is 11.9 Å². The second-order valence-electron chi connectivity index (χ2n) is 4.57. The van der Waals surface area contributed by atoms with Crippen LogP contribution in [0.5, 0.6) is 0 Å². The topological polar surface area (TPSA) is 39.2 Å². The van der Waals surface area contributed by atoms with Crippen LogP contribution in [0.4, 0.5) is 8.78 Å². The summed E-state index contributed by atoms with van der Waals surface area (Å²) in [6.45, 7) is 4.25. The molecule has 17 heavy (non-hydrogen) atoms. The molecule has 1 aromatic carbocycles. The molecule has 4 heteroatoms. The molecule has 2 aromatic rings. The van der Waals surface area contributed by atoms with Gasteiger partial charge in [-0.3, -0.25) is 0 Å². The van der Waals surface area contributed by atoms with E-state index >= 15 is 0 Å². The number of fused-ring (bicyclic) bond motifs is 1. The largest absolute Gasteiger partial charge is 0.459 e. The van der Waals surface area contributed by atoms with Crippen molar-refractivity contribution in [2.45, 2.75) is 26.8 Å². The zero-order valence-corrected chi connectivity index (χ0v) is 9.89. The Morgan fingerprint density at radius 3 is 2.59 bits per heavy atom. The number of nitrogens with two attached hydrogens (primary N) is 1. The summed E-state index contributed by atoms with van der Waals surface area (Å²) >= 11 is 0. The van der Waals surface area contributed by atoms with Gasteiger partial charge in [-0.05, 0) is 12.3 Å². The Bertz CT molecular complexity index is 546. The van der Waals surface area contributed by atoms with Crippen LogP contribution in [0, 0.1) is 17.6 Å². The van der Waals surface area contributed by atoms with Gasteiger partial charge < -0.3 is 10.2 Å². The Labute approximate surface area is 98.4 Å². The molecule has 0 aliphatic rings. The highest BCUT2D eigenvalue weighted by molar-refractivity contribution is 5.83. The highest BCUT2D eigenvalue weighted by atomic mass is 19.1. The Morgan fingerprint density at radius 1 is 1.29 bits per heavy atom. The molecule has 0 atom stereocenters. The number of benzene rings is 1. The van der Waals surface area contributed by atoms with Gasteiger partial charge in [-0.15, -0.1) is 0 Å². The van der Waals surface area contributed by atoms with Crippen molar-refractivity contribution in [1.29, 1.82) is 0 Å². The van der Waals surface area contributed by atoms with Crippen molar-refractivity contribution in [3.05, 3.63) is 35.1 Å². The first-order valence-corrected chi connectivity index (χ1v) is 5.62. The van der Waals surface area contributed by atoms with Crippen LogP contribution in [-0.4, -0.2) is 0 Å². The first-order valence-electron chi connectivity index (χ1n) is 5.62. The minimum absolute atomic E-state index is 0.192. The third-order valence-electron chi connectivity index (χ3n) is 2.69. The molecule has 0 saturated heterocycles. The van der Waals surface area contributed by atoms with Crippen LogP contribution >= 0.6 is 0 Å². The smallest absolute Gasteiger partial charge is 0.140 e. The molecule has 0 bridgehead atoms. The van der Waals surface area contributed by atoms with Crippen LogP contribution in [0.2, 0.25) is 0 Å². The fourth-order valence-corrected chi connectivity index (χ4v) is 2.05. The summed E-state index contributed by atoms with van der Waals surface area (Å²) in [6, 6.07) is 2.07. The van der Waals surface area contributed by atoms with Crippen LogP contribution in [0.15, 0.2) is 16.5 Å². The molecule has 2 nitrogen and oxygen atoms in total. The minimum Gasteiger partial charge on any atom is -0.459 e. The lowest BCUT2D eigenvalue weighted by Gasteiger charge is -2.05. The summed E-state index contributed by atoms with van der Waals surface area (Å²) in [6.07, 6.45) is 0.669. The number of hydrogen-bond acceptors (Lipinski definition) is 2. The highest BCUT2D eigenvalue weighted by Crippen LogP contribution is 2.30. The van der Waals surface area contributed by atoms with E-state index in [9.17, 15) is 8.78 Å². The number of hydrogen-bond donors (Lipinski definition) is 1. The molecule has 0 radical (unpaired) electrons. The van der Waals surface area contributed by atoms with Crippen LogP contribution < -0.4 is 5.73 Å². The fourth-order valence-electron chi connectivity index (χ4n) is 2.05. The van der Waals surface area contributed by atoms with Gasteiger partial charge in [0.15, 0.2) is 0 Å². The summed E-state index contributed by atoms with van der Waals surface area (Å²) in [7, 11) is 0. The monoisotopic (exact) mass is 239 g/mol. The molecular weight excluding hydrogens is 224 g/mol. The Balaban J connectivity index is 2.69. The predicted molar refractivity (Wildman–Crippen MR) is 62.6 cm³/mol. The van der Waals surface area contributed by atoms with E-state index in [1.54, 1.807) is 0 Å². The lowest BCUT2D eigenvalue weighted by molar-refractivity contribution is 0.531. The van der Waals surface area contributed by atoms with Gasteiger partial charge in [-0.1, -0.05) is 13.8 Å². The van der Waals surface area contributed by atoms with Crippen LogP contribution in [0.1, 0.15) is 25.2 Å². The van der Waals surface area contributed by atoms with Crippen molar-refractivity contribution in [2.75, 3.05) is 0 Å². The average Bonchev–Trinajstić information content (AvgIpc) is 2.55. The maximum Gasteiger partial charge on any atom is 0.140 e. The van der Waals surface area contributed by atoms with E-state index in [4.69, 9.17) is 10.2 Å². The molecule has 1 heterocycles. The van der Waals surface area contributed by atoms with Gasteiger partial charge >= 0.3 is 0 Å². The van der Waals surface area contributed by atoms with E-state index in [2.05, 4.69) is 0 Å². The van der Waals surface area contributed by atoms with Crippen LogP contribution in [0.3, 0.4) is 0 Å². The fraction of sp³-hybridized carbons (Fsp3) is 0.385. The highest BCUT2D eigenvalue weighted by Gasteiger charge is 2.18. The van der Waals surface area contributed by atoms with Gasteiger partial charge in [-0.25, -0.2) is 8.78 Å². The Hall–Kier alpha value is -1.42. The van der Waals surface area contributed by atoms with Crippen LogP contribution in [-0.2, 0) is 13.0 Å². The third-order valence-corrected chi connectivity index (χ3v) is 2.69. The number of furan rings is 1. The Morgan fingerprint density at radius 2 is 2.00 bits per heavy atom. The predicted octanol–water partition coefficient (Wildman–Crippen LogP) is 3.37. The minimum atomic E-state index is -0.636. The maximum atomic E-state index is 13.8. The molecule has 0 saturated carbocycles. The molecule has 0 fully saturated rings. The molecule has 0 spiro atoms. The lowest BCUT2D eigenvalue weighted by atomic mass is 9.99. The van der Waals surface area contributed by atoms with Gasteiger partial charge in [0.2, 0.25) is 0 Å². The van der Waals surface area contributed by atoms with E-state index in [1.807, 2.05) is 13.8 Å². The second-order valence-corrected chi connectivity index (χ2v) is 4.57.